The lowest BCUT2D eigenvalue weighted by molar-refractivity contribution is -0.121. The monoisotopic (exact) mass is 504 g/mol. The molecule has 0 unspecified atom stereocenters. The zero-order chi connectivity index (χ0) is 25.3. The van der Waals surface area contributed by atoms with E-state index in [1.807, 2.05) is 48.8 Å². The number of amides is 2. The Morgan fingerprint density at radius 2 is 1.69 bits per heavy atom. The molecule has 4 rings (SSSR count). The number of aryl methyl sites for hydroxylation is 3. The lowest BCUT2D eigenvalue weighted by atomic mass is 10.0. The van der Waals surface area contributed by atoms with E-state index in [0.29, 0.717) is 13.1 Å². The summed E-state index contributed by atoms with van der Waals surface area (Å²) in [6.45, 7) is 3.33. The fourth-order valence-corrected chi connectivity index (χ4v) is 5.51. The van der Waals surface area contributed by atoms with Crippen LogP contribution in [0.2, 0.25) is 0 Å². The smallest absolute Gasteiger partial charge is 0.251 e. The summed E-state index contributed by atoms with van der Waals surface area (Å²) in [7, 11) is 0. The van der Waals surface area contributed by atoms with Gasteiger partial charge in [0, 0.05) is 31.1 Å². The van der Waals surface area contributed by atoms with Crippen LogP contribution in [0.1, 0.15) is 77.3 Å². The number of hydrogen-bond donors (Lipinski definition) is 3. The van der Waals surface area contributed by atoms with Crippen molar-refractivity contribution in [2.24, 2.45) is 5.73 Å². The first-order chi connectivity index (χ1) is 17.5. The summed E-state index contributed by atoms with van der Waals surface area (Å²) in [6, 6.07) is 13.8. The number of thiazole rings is 1. The molecule has 3 aromatic rings. The third-order valence-corrected chi connectivity index (χ3v) is 7.80. The highest BCUT2D eigenvalue weighted by atomic mass is 32.1. The number of unbranched alkanes of at least 4 members (excludes halogenated alkanes) is 3. The summed E-state index contributed by atoms with van der Waals surface area (Å²) in [5, 5.41) is 6.01. The molecule has 6 nitrogen and oxygen atoms in total. The van der Waals surface area contributed by atoms with Gasteiger partial charge in [-0.05, 0) is 73.4 Å². The summed E-state index contributed by atoms with van der Waals surface area (Å²) in [5.41, 5.74) is 14.7. The minimum Gasteiger partial charge on any atom is -0.356 e. The van der Waals surface area contributed by atoms with E-state index in [4.69, 9.17) is 5.73 Å². The summed E-state index contributed by atoms with van der Waals surface area (Å²) in [5.74, 6) is -0.00641. The third-order valence-electron chi connectivity index (χ3n) is 6.82. The first-order valence-corrected chi connectivity index (χ1v) is 13.8. The summed E-state index contributed by atoms with van der Waals surface area (Å²) in [6.07, 6.45) is 7.57. The van der Waals surface area contributed by atoms with Gasteiger partial charge in [-0.3, -0.25) is 9.59 Å². The molecule has 7 heteroatoms. The van der Waals surface area contributed by atoms with E-state index in [2.05, 4.69) is 21.7 Å². The van der Waals surface area contributed by atoms with Gasteiger partial charge in [-0.1, -0.05) is 43.2 Å². The summed E-state index contributed by atoms with van der Waals surface area (Å²) >= 11 is 1.62. The highest BCUT2D eigenvalue weighted by Crippen LogP contribution is 2.28. The Kier molecular flexibility index (Phi) is 9.25. The van der Waals surface area contributed by atoms with Crippen LogP contribution in [0, 0.1) is 6.92 Å². The normalized spacial score (nSPS) is 13.3. The van der Waals surface area contributed by atoms with Crippen LogP contribution in [0.25, 0.3) is 10.4 Å². The molecule has 4 N–H and O–H groups in total. The van der Waals surface area contributed by atoms with Crippen molar-refractivity contribution in [3.63, 3.8) is 0 Å². The second-order valence-corrected chi connectivity index (χ2v) is 10.4. The average Bonchev–Trinajstić information content (AvgIpc) is 3.53. The van der Waals surface area contributed by atoms with Gasteiger partial charge >= 0.3 is 0 Å². The van der Waals surface area contributed by atoms with Gasteiger partial charge in [-0.15, -0.1) is 11.3 Å². The lowest BCUT2D eigenvalue weighted by Gasteiger charge is -2.13. The standard InChI is InChI=1S/C29H36N4O2S/c1-20-28(36-19-33-20)23-12-10-22(11-13-23)26(30)18-27(34)31-15-4-2-3-5-16-32-29(35)25-14-9-21-7-6-8-24(21)17-25/h9-14,17,19,26H,2-8,15-16,18,30H2,1H3,(H,31,34)(H,32,35)/t26-/m0/s1. The maximum atomic E-state index is 12.4. The van der Waals surface area contributed by atoms with Gasteiger partial charge in [-0.25, -0.2) is 4.98 Å². The van der Waals surface area contributed by atoms with Gasteiger partial charge in [0.25, 0.3) is 5.91 Å². The molecular weight excluding hydrogens is 468 g/mol. The molecule has 0 radical (unpaired) electrons. The van der Waals surface area contributed by atoms with E-state index in [1.165, 1.54) is 17.5 Å². The van der Waals surface area contributed by atoms with E-state index in [0.717, 1.165) is 65.8 Å². The lowest BCUT2D eigenvalue weighted by Crippen LogP contribution is -2.28. The molecule has 2 amide bonds. The topological polar surface area (TPSA) is 97.1 Å². The number of benzene rings is 2. The van der Waals surface area contributed by atoms with Crippen molar-refractivity contribution in [1.29, 1.82) is 0 Å². The van der Waals surface area contributed by atoms with Crippen LogP contribution in [0.3, 0.4) is 0 Å². The molecule has 0 saturated heterocycles. The van der Waals surface area contributed by atoms with Gasteiger partial charge in [0.1, 0.15) is 0 Å². The SMILES string of the molecule is Cc1ncsc1-c1ccc([C@@H](N)CC(=O)NCCCCCCNC(=O)c2ccc3c(c2)CCC3)cc1. The summed E-state index contributed by atoms with van der Waals surface area (Å²) in [4.78, 5) is 30.1. The molecule has 1 heterocycles. The van der Waals surface area contributed by atoms with Gasteiger partial charge in [0.2, 0.25) is 5.91 Å². The molecule has 0 bridgehead atoms. The zero-order valence-electron chi connectivity index (χ0n) is 21.0. The maximum Gasteiger partial charge on any atom is 0.251 e. The van der Waals surface area contributed by atoms with Crippen molar-refractivity contribution in [3.05, 3.63) is 75.9 Å². The fourth-order valence-electron chi connectivity index (χ4n) is 4.70. The van der Waals surface area contributed by atoms with Crippen molar-refractivity contribution in [3.8, 4) is 10.4 Å². The maximum absolute atomic E-state index is 12.4. The predicted octanol–water partition coefficient (Wildman–Crippen LogP) is 5.10. The molecule has 190 valence electrons. The molecule has 2 aromatic carbocycles. The molecule has 1 aliphatic rings. The highest BCUT2D eigenvalue weighted by Gasteiger charge is 2.14. The van der Waals surface area contributed by atoms with E-state index >= 15 is 0 Å². The molecular formula is C29H36N4O2S. The molecule has 36 heavy (non-hydrogen) atoms. The number of nitrogens with one attached hydrogen (secondary N) is 2. The number of carbonyl (C=O) groups excluding carboxylic acids is 2. The van der Waals surface area contributed by atoms with Crippen LogP contribution in [0.4, 0.5) is 0 Å². The van der Waals surface area contributed by atoms with Crippen molar-refractivity contribution < 1.29 is 9.59 Å². The van der Waals surface area contributed by atoms with Gasteiger partial charge in [0.15, 0.2) is 0 Å². The quantitative estimate of drug-likeness (QED) is 0.299. The van der Waals surface area contributed by atoms with Crippen LogP contribution in [-0.4, -0.2) is 29.9 Å². The van der Waals surface area contributed by atoms with Crippen LogP contribution >= 0.6 is 11.3 Å². The summed E-state index contributed by atoms with van der Waals surface area (Å²) < 4.78 is 0. The van der Waals surface area contributed by atoms with E-state index in [9.17, 15) is 9.59 Å². The number of rotatable bonds is 12. The Labute approximate surface area is 217 Å². The molecule has 1 aromatic heterocycles. The Hall–Kier alpha value is -3.03. The second-order valence-electron chi connectivity index (χ2n) is 9.56. The first-order valence-electron chi connectivity index (χ1n) is 12.9. The largest absolute Gasteiger partial charge is 0.356 e. The number of carbonyl (C=O) groups is 2. The molecule has 0 aliphatic heterocycles. The van der Waals surface area contributed by atoms with Crippen molar-refractivity contribution in [1.82, 2.24) is 15.6 Å². The third kappa shape index (κ3) is 7.02. The van der Waals surface area contributed by atoms with Crippen molar-refractivity contribution in [2.45, 2.75) is 64.3 Å². The minimum atomic E-state index is -0.323. The van der Waals surface area contributed by atoms with Crippen LogP contribution < -0.4 is 16.4 Å². The van der Waals surface area contributed by atoms with E-state index < -0.39 is 0 Å². The number of nitrogens with two attached hydrogens (primary N) is 1. The van der Waals surface area contributed by atoms with Gasteiger partial charge in [0.05, 0.1) is 16.1 Å². The number of aromatic nitrogens is 1. The Balaban J connectivity index is 1.06. The van der Waals surface area contributed by atoms with Crippen molar-refractivity contribution in [2.75, 3.05) is 13.1 Å². The fraction of sp³-hybridized carbons (Fsp3) is 0.414. The van der Waals surface area contributed by atoms with Crippen LogP contribution in [0.15, 0.2) is 48.0 Å². The molecule has 0 saturated carbocycles. The molecule has 0 spiro atoms. The zero-order valence-corrected chi connectivity index (χ0v) is 21.8. The molecule has 1 aliphatic carbocycles. The minimum absolute atomic E-state index is 0.0154. The number of hydrogen-bond acceptors (Lipinski definition) is 5. The number of fused-ring (bicyclic) bond motifs is 1. The van der Waals surface area contributed by atoms with Crippen LogP contribution in [0.5, 0.6) is 0 Å². The Morgan fingerprint density at radius 1 is 0.972 bits per heavy atom. The Morgan fingerprint density at radius 3 is 2.42 bits per heavy atom. The van der Waals surface area contributed by atoms with Gasteiger partial charge < -0.3 is 16.4 Å². The van der Waals surface area contributed by atoms with Crippen molar-refractivity contribution >= 4 is 23.2 Å². The number of nitrogens with zero attached hydrogens (tertiary/aromatic N) is 1. The second kappa shape index (κ2) is 12.8. The molecule has 0 fully saturated rings. The average molecular weight is 505 g/mol. The van der Waals surface area contributed by atoms with Crippen LogP contribution in [-0.2, 0) is 17.6 Å². The highest BCUT2D eigenvalue weighted by molar-refractivity contribution is 7.13. The first kappa shape index (κ1) is 26.0. The predicted molar refractivity (Wildman–Crippen MR) is 146 cm³/mol. The molecule has 1 atom stereocenters. The van der Waals surface area contributed by atoms with Gasteiger partial charge in [-0.2, -0.15) is 0 Å². The van der Waals surface area contributed by atoms with E-state index in [1.54, 1.807) is 11.3 Å². The Bertz CT molecular complexity index is 1170. The van der Waals surface area contributed by atoms with E-state index in [-0.39, 0.29) is 24.3 Å².